The lowest BCUT2D eigenvalue weighted by Gasteiger charge is -2.08. The van der Waals surface area contributed by atoms with E-state index in [2.05, 4.69) is 10.6 Å². The Kier molecular flexibility index (Phi) is 5.51. The summed E-state index contributed by atoms with van der Waals surface area (Å²) >= 11 is 0. The Morgan fingerprint density at radius 2 is 1.65 bits per heavy atom. The van der Waals surface area contributed by atoms with Crippen molar-refractivity contribution in [1.29, 1.82) is 0 Å². The first-order valence-electron chi connectivity index (χ1n) is 5.82. The smallest absolute Gasteiger partial charge is 0.354 e. The largest absolute Gasteiger partial charge is 0.416 e. The molecule has 4 N–H and O–H groups in total. The number of nitrogens with two attached hydrogens (primary N) is 1. The molecule has 0 aromatic heterocycles. The number of rotatable bonds is 5. The average Bonchev–Trinajstić information content (AvgIpc) is 2.38. The van der Waals surface area contributed by atoms with E-state index in [9.17, 15) is 22.8 Å². The van der Waals surface area contributed by atoms with E-state index < -0.39 is 17.6 Å². The van der Waals surface area contributed by atoms with Crippen LogP contribution in [0.5, 0.6) is 0 Å². The van der Waals surface area contributed by atoms with Crippen LogP contribution in [0.25, 0.3) is 0 Å². The zero-order valence-corrected chi connectivity index (χ0v) is 10.8. The monoisotopic (exact) mass is 290 g/mol. The molecule has 0 aliphatic rings. The highest BCUT2D eigenvalue weighted by molar-refractivity contribution is 5.91. The number of benzene rings is 1. The third kappa shape index (κ3) is 5.27. The number of carbonyl (C=O) groups excluding carboxylic acids is 2. The number of likely N-dealkylation sites (N-methyl/N-ethyl adjacent to an activating group) is 1. The topological polar surface area (TPSA) is 74.8 Å². The third-order valence-electron chi connectivity index (χ3n) is 2.43. The van der Waals surface area contributed by atoms with E-state index in [0.717, 1.165) is 12.1 Å². The van der Waals surface area contributed by atoms with E-state index in [1.807, 2.05) is 0 Å². The summed E-state index contributed by atoms with van der Waals surface area (Å²) in [5.41, 5.74) is -0.502. The third-order valence-corrected chi connectivity index (χ3v) is 2.43. The Bertz CT molecular complexity index is 472. The van der Waals surface area contributed by atoms with Crippen molar-refractivity contribution in [3.05, 3.63) is 29.8 Å². The molecule has 0 radical (unpaired) electrons. The molecule has 0 atom stereocenters. The minimum Gasteiger partial charge on any atom is -0.354 e. The molecule has 0 aliphatic carbocycles. The molecule has 1 aromatic carbocycles. The van der Waals surface area contributed by atoms with Crippen LogP contribution in [0.3, 0.4) is 0 Å². The fourth-order valence-electron chi connectivity index (χ4n) is 1.39. The van der Waals surface area contributed by atoms with Crippen molar-refractivity contribution in [1.82, 2.24) is 5.32 Å². The van der Waals surface area contributed by atoms with Gasteiger partial charge in [-0.15, -0.1) is 0 Å². The quantitative estimate of drug-likeness (QED) is 0.711. The Morgan fingerprint density at radius 1 is 1.10 bits per heavy atom. The van der Waals surface area contributed by atoms with E-state index in [4.69, 9.17) is 0 Å². The van der Waals surface area contributed by atoms with E-state index in [0.29, 0.717) is 0 Å². The second-order valence-corrected chi connectivity index (χ2v) is 3.99. The molecule has 1 rings (SSSR count). The molecule has 110 valence electrons. The Labute approximate surface area is 113 Å². The summed E-state index contributed by atoms with van der Waals surface area (Å²) in [6.45, 7) is 0.116. The number of hydrogen-bond donors (Lipinski definition) is 3. The number of quaternary nitrogens is 1. The van der Waals surface area contributed by atoms with Crippen molar-refractivity contribution in [3.8, 4) is 0 Å². The lowest BCUT2D eigenvalue weighted by Crippen LogP contribution is -2.88. The molecular weight excluding hydrogens is 275 g/mol. The predicted molar refractivity (Wildman–Crippen MR) is 65.8 cm³/mol. The molecule has 8 heteroatoms. The van der Waals surface area contributed by atoms with Gasteiger partial charge < -0.3 is 16.0 Å². The minimum atomic E-state index is -4.40. The summed E-state index contributed by atoms with van der Waals surface area (Å²) in [4.78, 5) is 22.4. The SMILES string of the molecule is CNC(=O)C[NH2+]CC(=O)Nc1ccc(C(F)(F)F)cc1. The number of halogens is 3. The van der Waals surface area contributed by atoms with Crippen LogP contribution in [0, 0.1) is 0 Å². The summed E-state index contributed by atoms with van der Waals surface area (Å²) in [5.74, 6) is -0.610. The maximum Gasteiger partial charge on any atom is 0.416 e. The fourth-order valence-corrected chi connectivity index (χ4v) is 1.39. The lowest BCUT2D eigenvalue weighted by molar-refractivity contribution is -0.632. The number of amides is 2. The van der Waals surface area contributed by atoms with Gasteiger partial charge in [0.25, 0.3) is 11.8 Å². The van der Waals surface area contributed by atoms with Crippen molar-refractivity contribution in [2.45, 2.75) is 6.18 Å². The van der Waals surface area contributed by atoms with E-state index in [1.54, 1.807) is 0 Å². The molecule has 20 heavy (non-hydrogen) atoms. The van der Waals surface area contributed by atoms with Crippen LogP contribution in [0.15, 0.2) is 24.3 Å². The van der Waals surface area contributed by atoms with Gasteiger partial charge in [0.1, 0.15) is 0 Å². The summed E-state index contributed by atoms with van der Waals surface area (Å²) in [6.07, 6.45) is -4.40. The van der Waals surface area contributed by atoms with Crippen molar-refractivity contribution < 1.29 is 28.1 Å². The van der Waals surface area contributed by atoms with Gasteiger partial charge in [0.2, 0.25) is 0 Å². The molecule has 0 unspecified atom stereocenters. The van der Waals surface area contributed by atoms with Gasteiger partial charge in [0.15, 0.2) is 13.1 Å². The molecule has 0 saturated heterocycles. The number of anilines is 1. The van der Waals surface area contributed by atoms with Crippen LogP contribution in [0.1, 0.15) is 5.56 Å². The van der Waals surface area contributed by atoms with Gasteiger partial charge in [-0.1, -0.05) is 0 Å². The van der Waals surface area contributed by atoms with Gasteiger partial charge in [-0.2, -0.15) is 13.2 Å². The van der Waals surface area contributed by atoms with Gasteiger partial charge in [-0.25, -0.2) is 0 Å². The number of alkyl halides is 3. The van der Waals surface area contributed by atoms with Crippen LogP contribution in [0.4, 0.5) is 18.9 Å². The molecule has 0 saturated carbocycles. The maximum atomic E-state index is 12.3. The molecule has 0 spiro atoms. The molecule has 1 aromatic rings. The van der Waals surface area contributed by atoms with Crippen LogP contribution < -0.4 is 16.0 Å². The van der Waals surface area contributed by atoms with Gasteiger partial charge in [-0.05, 0) is 24.3 Å². The molecule has 5 nitrogen and oxygen atoms in total. The van der Waals surface area contributed by atoms with E-state index in [-0.39, 0.29) is 24.7 Å². The summed E-state index contributed by atoms with van der Waals surface area (Å²) in [7, 11) is 1.48. The maximum absolute atomic E-state index is 12.3. The Morgan fingerprint density at radius 3 is 2.15 bits per heavy atom. The van der Waals surface area contributed by atoms with E-state index in [1.165, 1.54) is 24.5 Å². The second kappa shape index (κ2) is 6.90. The molecule has 0 fully saturated rings. The van der Waals surface area contributed by atoms with Crippen LogP contribution in [-0.2, 0) is 15.8 Å². The van der Waals surface area contributed by atoms with Crippen molar-refractivity contribution in [3.63, 3.8) is 0 Å². The van der Waals surface area contributed by atoms with Crippen LogP contribution >= 0.6 is 0 Å². The molecule has 2 amide bonds. The Hall–Kier alpha value is -2.09. The van der Waals surface area contributed by atoms with Crippen molar-refractivity contribution in [2.24, 2.45) is 0 Å². The summed E-state index contributed by atoms with van der Waals surface area (Å²) in [6, 6.07) is 4.15. The standard InChI is InChI=1S/C12H14F3N3O2/c1-16-10(19)6-17-7-11(20)18-9-4-2-8(3-5-9)12(13,14)15/h2-5,17H,6-7H2,1H3,(H,16,19)(H,18,20)/p+1. The van der Waals surface area contributed by atoms with Crippen molar-refractivity contribution >= 4 is 17.5 Å². The Balaban J connectivity index is 2.44. The first kappa shape index (κ1) is 16.0. The van der Waals surface area contributed by atoms with Gasteiger partial charge in [0, 0.05) is 12.7 Å². The highest BCUT2D eigenvalue weighted by Crippen LogP contribution is 2.29. The number of hydrogen-bond acceptors (Lipinski definition) is 2. The summed E-state index contributed by atoms with van der Waals surface area (Å²) in [5, 5.41) is 6.33. The predicted octanol–water partition coefficient (Wildman–Crippen LogP) is -0.0467. The molecular formula is C12H15F3N3O2+. The van der Waals surface area contributed by atoms with Crippen LogP contribution in [-0.4, -0.2) is 32.0 Å². The van der Waals surface area contributed by atoms with Gasteiger partial charge in [-0.3, -0.25) is 9.59 Å². The molecule has 0 aliphatic heterocycles. The normalized spacial score (nSPS) is 11.0. The van der Waals surface area contributed by atoms with Crippen LogP contribution in [0.2, 0.25) is 0 Å². The second-order valence-electron chi connectivity index (χ2n) is 3.99. The van der Waals surface area contributed by atoms with Gasteiger partial charge in [0.05, 0.1) is 5.56 Å². The zero-order valence-electron chi connectivity index (χ0n) is 10.8. The first-order valence-corrected chi connectivity index (χ1v) is 5.82. The fraction of sp³-hybridized carbons (Fsp3) is 0.333. The van der Waals surface area contributed by atoms with Crippen molar-refractivity contribution in [2.75, 3.05) is 25.5 Å². The summed E-state index contributed by atoms with van der Waals surface area (Å²) < 4.78 is 37.0. The van der Waals surface area contributed by atoms with E-state index >= 15 is 0 Å². The van der Waals surface area contributed by atoms with Gasteiger partial charge >= 0.3 is 6.18 Å². The lowest BCUT2D eigenvalue weighted by atomic mass is 10.2. The minimum absolute atomic E-state index is 0.00838. The molecule has 0 bridgehead atoms. The molecule has 0 heterocycles. The number of carbonyl (C=O) groups is 2. The highest BCUT2D eigenvalue weighted by atomic mass is 19.4. The number of nitrogens with one attached hydrogen (secondary N) is 2. The first-order chi connectivity index (χ1) is 9.32. The average molecular weight is 290 g/mol. The highest BCUT2D eigenvalue weighted by Gasteiger charge is 2.29. The zero-order chi connectivity index (χ0) is 15.2.